The second-order valence-corrected chi connectivity index (χ2v) is 5.11. The summed E-state index contributed by atoms with van der Waals surface area (Å²) in [4.78, 5) is 26.4. The highest BCUT2D eigenvalue weighted by Crippen LogP contribution is 2.29. The zero-order valence-corrected chi connectivity index (χ0v) is 10.3. The first-order valence-electron chi connectivity index (χ1n) is 6.35. The van der Waals surface area contributed by atoms with Gasteiger partial charge in [-0.25, -0.2) is 4.79 Å². The SMILES string of the molecule is CN1CC(CC(=O)O)N(C2CCCCC2)C1=O. The van der Waals surface area contributed by atoms with Crippen molar-refractivity contribution in [2.45, 2.75) is 50.6 Å². The van der Waals surface area contributed by atoms with Crippen LogP contribution in [0, 0.1) is 0 Å². The number of aliphatic carboxylic acids is 1. The fourth-order valence-electron chi connectivity index (χ4n) is 3.01. The van der Waals surface area contributed by atoms with E-state index in [2.05, 4.69) is 0 Å². The number of carboxylic acids is 1. The van der Waals surface area contributed by atoms with E-state index in [-0.39, 0.29) is 24.5 Å². The molecule has 0 aromatic heterocycles. The Bertz CT molecular complexity index is 313. The van der Waals surface area contributed by atoms with Crippen LogP contribution in [0.4, 0.5) is 4.79 Å². The molecule has 17 heavy (non-hydrogen) atoms. The molecule has 0 aromatic carbocycles. The molecular weight excluding hydrogens is 220 g/mol. The maximum absolute atomic E-state index is 12.1. The van der Waals surface area contributed by atoms with Crippen molar-refractivity contribution >= 4 is 12.0 Å². The zero-order chi connectivity index (χ0) is 12.4. The van der Waals surface area contributed by atoms with Gasteiger partial charge >= 0.3 is 12.0 Å². The summed E-state index contributed by atoms with van der Waals surface area (Å²) in [6, 6.07) is 0.113. The van der Waals surface area contributed by atoms with Gasteiger partial charge in [0, 0.05) is 19.6 Å². The molecule has 1 unspecified atom stereocenters. The first kappa shape index (κ1) is 12.2. The largest absolute Gasteiger partial charge is 0.481 e. The van der Waals surface area contributed by atoms with Gasteiger partial charge in [0.05, 0.1) is 12.5 Å². The number of urea groups is 1. The Labute approximate surface area is 101 Å². The minimum atomic E-state index is -0.820. The van der Waals surface area contributed by atoms with Gasteiger partial charge < -0.3 is 14.9 Å². The average molecular weight is 240 g/mol. The Kier molecular flexibility index (Phi) is 3.54. The van der Waals surface area contributed by atoms with Crippen molar-refractivity contribution in [2.24, 2.45) is 0 Å². The van der Waals surface area contributed by atoms with Gasteiger partial charge in [0.1, 0.15) is 0 Å². The molecule has 1 aliphatic carbocycles. The van der Waals surface area contributed by atoms with Crippen molar-refractivity contribution in [3.05, 3.63) is 0 Å². The lowest BCUT2D eigenvalue weighted by atomic mass is 9.93. The summed E-state index contributed by atoms with van der Waals surface area (Å²) in [5.41, 5.74) is 0. The van der Waals surface area contributed by atoms with Crippen LogP contribution in [0.15, 0.2) is 0 Å². The van der Waals surface area contributed by atoms with Crippen LogP contribution in [0.5, 0.6) is 0 Å². The molecule has 0 radical (unpaired) electrons. The molecule has 1 saturated heterocycles. The highest BCUT2D eigenvalue weighted by molar-refractivity contribution is 5.79. The highest BCUT2D eigenvalue weighted by atomic mass is 16.4. The number of nitrogens with zero attached hydrogens (tertiary/aromatic N) is 2. The first-order chi connectivity index (χ1) is 8.09. The monoisotopic (exact) mass is 240 g/mol. The van der Waals surface area contributed by atoms with E-state index in [1.807, 2.05) is 4.90 Å². The number of rotatable bonds is 3. The van der Waals surface area contributed by atoms with E-state index in [0.717, 1.165) is 25.7 Å². The fraction of sp³-hybridized carbons (Fsp3) is 0.833. The van der Waals surface area contributed by atoms with Gasteiger partial charge in [-0.1, -0.05) is 19.3 Å². The van der Waals surface area contributed by atoms with E-state index < -0.39 is 5.97 Å². The molecule has 0 aromatic rings. The van der Waals surface area contributed by atoms with Crippen molar-refractivity contribution in [1.82, 2.24) is 9.80 Å². The van der Waals surface area contributed by atoms with Gasteiger partial charge in [-0.05, 0) is 12.8 Å². The predicted molar refractivity (Wildman–Crippen MR) is 62.8 cm³/mol. The van der Waals surface area contributed by atoms with Gasteiger partial charge in [-0.15, -0.1) is 0 Å². The normalized spacial score (nSPS) is 26.6. The van der Waals surface area contributed by atoms with E-state index in [1.165, 1.54) is 6.42 Å². The van der Waals surface area contributed by atoms with E-state index in [0.29, 0.717) is 6.54 Å². The van der Waals surface area contributed by atoms with Crippen molar-refractivity contribution in [1.29, 1.82) is 0 Å². The molecule has 1 saturated carbocycles. The standard InChI is InChI=1S/C12H20N2O3/c1-13-8-10(7-11(15)16)14(12(13)17)9-5-3-2-4-6-9/h9-10H,2-8H2,1H3,(H,15,16). The molecule has 5 nitrogen and oxygen atoms in total. The smallest absolute Gasteiger partial charge is 0.320 e. The molecule has 1 aliphatic heterocycles. The molecule has 2 rings (SSSR count). The molecule has 0 bridgehead atoms. The van der Waals surface area contributed by atoms with Crippen molar-refractivity contribution in [2.75, 3.05) is 13.6 Å². The molecule has 2 fully saturated rings. The Morgan fingerprint density at radius 3 is 2.59 bits per heavy atom. The molecule has 0 spiro atoms. The summed E-state index contributed by atoms with van der Waals surface area (Å²) >= 11 is 0. The third-order valence-electron chi connectivity index (χ3n) is 3.80. The zero-order valence-electron chi connectivity index (χ0n) is 10.3. The number of carbonyl (C=O) groups excluding carboxylic acids is 1. The van der Waals surface area contributed by atoms with Crippen LogP contribution in [0.2, 0.25) is 0 Å². The topological polar surface area (TPSA) is 60.9 Å². The molecule has 1 heterocycles. The van der Waals surface area contributed by atoms with Crippen molar-refractivity contribution < 1.29 is 14.7 Å². The van der Waals surface area contributed by atoms with Crippen molar-refractivity contribution in [3.8, 4) is 0 Å². The lowest BCUT2D eigenvalue weighted by Crippen LogP contribution is -2.44. The summed E-state index contributed by atoms with van der Waals surface area (Å²) in [7, 11) is 1.75. The maximum Gasteiger partial charge on any atom is 0.320 e. The maximum atomic E-state index is 12.1. The minimum Gasteiger partial charge on any atom is -0.481 e. The van der Waals surface area contributed by atoms with Gasteiger partial charge in [0.15, 0.2) is 0 Å². The molecule has 96 valence electrons. The first-order valence-corrected chi connectivity index (χ1v) is 6.35. The number of carboxylic acid groups (broad SMARTS) is 1. The van der Waals surface area contributed by atoms with Gasteiger partial charge in [-0.3, -0.25) is 4.79 Å². The molecule has 5 heteroatoms. The van der Waals surface area contributed by atoms with Crippen LogP contribution in [-0.4, -0.2) is 52.6 Å². The summed E-state index contributed by atoms with van der Waals surface area (Å²) in [5.74, 6) is -0.820. The summed E-state index contributed by atoms with van der Waals surface area (Å²) in [5, 5.41) is 8.91. The third-order valence-corrected chi connectivity index (χ3v) is 3.80. The minimum absolute atomic E-state index is 0.00292. The number of amides is 2. The van der Waals surface area contributed by atoms with Crippen LogP contribution in [-0.2, 0) is 4.79 Å². The lowest BCUT2D eigenvalue weighted by Gasteiger charge is -2.34. The van der Waals surface area contributed by atoms with Crippen LogP contribution in [0.3, 0.4) is 0 Å². The summed E-state index contributed by atoms with van der Waals surface area (Å²) in [6.07, 6.45) is 5.64. The second-order valence-electron chi connectivity index (χ2n) is 5.11. The van der Waals surface area contributed by atoms with Crippen LogP contribution in [0.1, 0.15) is 38.5 Å². The molecule has 2 amide bonds. The quantitative estimate of drug-likeness (QED) is 0.813. The number of carbonyl (C=O) groups is 2. The molecule has 2 aliphatic rings. The van der Waals surface area contributed by atoms with Gasteiger partial charge in [-0.2, -0.15) is 0 Å². The average Bonchev–Trinajstić information content (AvgIpc) is 2.55. The predicted octanol–water partition coefficient (Wildman–Crippen LogP) is 1.53. The van der Waals surface area contributed by atoms with Crippen molar-refractivity contribution in [3.63, 3.8) is 0 Å². The fourth-order valence-corrected chi connectivity index (χ4v) is 3.01. The number of hydrogen-bond acceptors (Lipinski definition) is 2. The summed E-state index contributed by atoms with van der Waals surface area (Å²) < 4.78 is 0. The Balaban J connectivity index is 2.08. The van der Waals surface area contributed by atoms with Gasteiger partial charge in [0.25, 0.3) is 0 Å². The van der Waals surface area contributed by atoms with Crippen LogP contribution < -0.4 is 0 Å². The highest BCUT2D eigenvalue weighted by Gasteiger charge is 2.40. The summed E-state index contributed by atoms with van der Waals surface area (Å²) in [6.45, 7) is 0.543. The Hall–Kier alpha value is -1.26. The van der Waals surface area contributed by atoms with E-state index >= 15 is 0 Å². The second kappa shape index (κ2) is 4.94. The molecule has 1 N–H and O–H groups in total. The Morgan fingerprint density at radius 2 is 2.00 bits per heavy atom. The van der Waals surface area contributed by atoms with E-state index in [9.17, 15) is 9.59 Å². The van der Waals surface area contributed by atoms with E-state index in [1.54, 1.807) is 11.9 Å². The van der Waals surface area contributed by atoms with Gasteiger partial charge in [0.2, 0.25) is 0 Å². The lowest BCUT2D eigenvalue weighted by molar-refractivity contribution is -0.138. The number of hydrogen-bond donors (Lipinski definition) is 1. The third kappa shape index (κ3) is 2.53. The van der Waals surface area contributed by atoms with Crippen LogP contribution >= 0.6 is 0 Å². The van der Waals surface area contributed by atoms with E-state index in [4.69, 9.17) is 5.11 Å². The Morgan fingerprint density at radius 1 is 1.35 bits per heavy atom. The van der Waals surface area contributed by atoms with Crippen LogP contribution in [0.25, 0.3) is 0 Å². The molecule has 1 atom stereocenters. The molecular formula is C12H20N2O3. The number of likely N-dealkylation sites (N-methyl/N-ethyl adjacent to an activating group) is 1.